The van der Waals surface area contributed by atoms with Crippen LogP contribution in [0, 0.1) is 5.92 Å². The molecule has 0 saturated heterocycles. The molecule has 0 bridgehead atoms. The smallest absolute Gasteiger partial charge is 0.0656 e. The highest BCUT2D eigenvalue weighted by atomic mass is 79.9. The Morgan fingerprint density at radius 3 is 2.30 bits per heavy atom. The molecule has 0 heterocycles. The molecule has 2 rings (SSSR count). The molecular formula is C17H17Br2Cl. The summed E-state index contributed by atoms with van der Waals surface area (Å²) in [6, 6.07) is 14.7. The van der Waals surface area contributed by atoms with E-state index in [0.717, 1.165) is 21.5 Å². The minimum absolute atomic E-state index is 0.142. The van der Waals surface area contributed by atoms with E-state index in [9.17, 15) is 0 Å². The number of benzene rings is 2. The molecule has 0 amide bonds. The van der Waals surface area contributed by atoms with Crippen LogP contribution in [-0.4, -0.2) is 0 Å². The van der Waals surface area contributed by atoms with Crippen molar-refractivity contribution in [3.63, 3.8) is 0 Å². The SMILES string of the molecule is CC(C)Cc1ccc(C(Br)c2cc(Cl)ccc2Br)cc1. The average Bonchev–Trinajstić information content (AvgIpc) is 2.41. The summed E-state index contributed by atoms with van der Waals surface area (Å²) in [5.41, 5.74) is 3.77. The van der Waals surface area contributed by atoms with Crippen LogP contribution in [0.1, 0.15) is 35.4 Å². The summed E-state index contributed by atoms with van der Waals surface area (Å²) in [7, 11) is 0. The van der Waals surface area contributed by atoms with Gasteiger partial charge in [0.05, 0.1) is 4.83 Å². The van der Waals surface area contributed by atoms with E-state index < -0.39 is 0 Å². The molecule has 1 unspecified atom stereocenters. The van der Waals surface area contributed by atoms with Gasteiger partial charge in [-0.25, -0.2) is 0 Å². The monoisotopic (exact) mass is 414 g/mol. The highest BCUT2D eigenvalue weighted by molar-refractivity contribution is 9.11. The fraction of sp³-hybridized carbons (Fsp3) is 0.294. The Hall–Kier alpha value is -0.310. The topological polar surface area (TPSA) is 0 Å². The summed E-state index contributed by atoms with van der Waals surface area (Å²) >= 11 is 13.4. The van der Waals surface area contributed by atoms with E-state index in [1.54, 1.807) is 0 Å². The lowest BCUT2D eigenvalue weighted by atomic mass is 9.99. The normalized spacial score (nSPS) is 12.7. The molecular weight excluding hydrogens is 399 g/mol. The van der Waals surface area contributed by atoms with Crippen LogP contribution in [0.25, 0.3) is 0 Å². The Morgan fingerprint density at radius 2 is 1.70 bits per heavy atom. The minimum Gasteiger partial charge on any atom is -0.0843 e. The average molecular weight is 417 g/mol. The molecule has 2 aromatic rings. The van der Waals surface area contributed by atoms with Gasteiger partial charge in [-0.2, -0.15) is 0 Å². The fourth-order valence-corrected chi connectivity index (χ4v) is 3.83. The van der Waals surface area contributed by atoms with Gasteiger partial charge in [0.1, 0.15) is 0 Å². The van der Waals surface area contributed by atoms with Crippen LogP contribution in [0.4, 0.5) is 0 Å². The van der Waals surface area contributed by atoms with Crippen LogP contribution in [0.3, 0.4) is 0 Å². The molecule has 0 radical (unpaired) electrons. The molecule has 0 saturated carbocycles. The summed E-state index contributed by atoms with van der Waals surface area (Å²) in [5, 5.41) is 0.754. The first-order chi connectivity index (χ1) is 9.47. The second-order valence-electron chi connectivity index (χ2n) is 5.37. The van der Waals surface area contributed by atoms with Crippen LogP contribution in [0.2, 0.25) is 5.02 Å². The fourth-order valence-electron chi connectivity index (χ4n) is 2.18. The lowest BCUT2D eigenvalue weighted by molar-refractivity contribution is 0.647. The summed E-state index contributed by atoms with van der Waals surface area (Å²) in [6.45, 7) is 4.48. The Morgan fingerprint density at radius 1 is 1.05 bits per heavy atom. The molecule has 0 aliphatic rings. The molecule has 1 atom stereocenters. The van der Waals surface area contributed by atoms with Gasteiger partial charge in [-0.05, 0) is 47.2 Å². The first kappa shape index (κ1) is 16.1. The van der Waals surface area contributed by atoms with Gasteiger partial charge in [0.15, 0.2) is 0 Å². The first-order valence-electron chi connectivity index (χ1n) is 6.65. The van der Waals surface area contributed by atoms with Crippen molar-refractivity contribution in [2.24, 2.45) is 5.92 Å². The molecule has 0 spiro atoms. The minimum atomic E-state index is 0.142. The Kier molecular flexibility index (Phi) is 5.71. The summed E-state index contributed by atoms with van der Waals surface area (Å²) in [4.78, 5) is 0.142. The van der Waals surface area contributed by atoms with Gasteiger partial charge in [0, 0.05) is 9.50 Å². The van der Waals surface area contributed by atoms with Crippen LogP contribution < -0.4 is 0 Å². The molecule has 0 fully saturated rings. The van der Waals surface area contributed by atoms with E-state index in [2.05, 4.69) is 70.0 Å². The highest BCUT2D eigenvalue weighted by Gasteiger charge is 2.14. The second kappa shape index (κ2) is 7.11. The Balaban J connectivity index is 2.24. The lowest BCUT2D eigenvalue weighted by Crippen LogP contribution is -1.97. The summed E-state index contributed by atoms with van der Waals surface area (Å²) < 4.78 is 1.06. The van der Waals surface area contributed by atoms with Crippen LogP contribution in [0.5, 0.6) is 0 Å². The van der Waals surface area contributed by atoms with E-state index in [4.69, 9.17) is 11.6 Å². The first-order valence-corrected chi connectivity index (χ1v) is 8.74. The number of hydrogen-bond acceptors (Lipinski definition) is 0. The summed E-state index contributed by atoms with van der Waals surface area (Å²) in [5.74, 6) is 0.683. The van der Waals surface area contributed by atoms with Crippen molar-refractivity contribution in [2.45, 2.75) is 25.1 Å². The lowest BCUT2D eigenvalue weighted by Gasteiger charge is -2.14. The van der Waals surface area contributed by atoms with Gasteiger partial charge in [0.25, 0.3) is 0 Å². The molecule has 2 aromatic carbocycles. The third-order valence-corrected chi connectivity index (χ3v) is 5.13. The van der Waals surface area contributed by atoms with Crippen molar-refractivity contribution in [3.05, 3.63) is 68.7 Å². The Bertz CT molecular complexity index is 576. The Labute approximate surface area is 142 Å². The molecule has 0 nitrogen and oxygen atoms in total. The van der Waals surface area contributed by atoms with E-state index in [1.807, 2.05) is 18.2 Å². The largest absolute Gasteiger partial charge is 0.0843 e. The van der Waals surface area contributed by atoms with E-state index in [0.29, 0.717) is 5.92 Å². The molecule has 0 aliphatic carbocycles. The number of hydrogen-bond donors (Lipinski definition) is 0. The molecule has 0 aromatic heterocycles. The van der Waals surface area contributed by atoms with Crippen molar-refractivity contribution in [1.29, 1.82) is 0 Å². The zero-order valence-corrected chi connectivity index (χ0v) is 15.5. The standard InChI is InChI=1S/C17H17Br2Cl/c1-11(2)9-12-3-5-13(6-4-12)17(19)15-10-14(20)7-8-16(15)18/h3-8,10-11,17H,9H2,1-2H3. The third-order valence-electron chi connectivity index (χ3n) is 3.15. The zero-order valence-electron chi connectivity index (χ0n) is 11.5. The predicted octanol–water partition coefficient (Wildman–Crippen LogP) is 6.79. The second-order valence-corrected chi connectivity index (χ2v) is 7.57. The van der Waals surface area contributed by atoms with Gasteiger partial charge in [-0.15, -0.1) is 0 Å². The third kappa shape index (κ3) is 4.09. The highest BCUT2D eigenvalue weighted by Crippen LogP contribution is 2.36. The quantitative estimate of drug-likeness (QED) is 0.482. The van der Waals surface area contributed by atoms with Gasteiger partial charge >= 0.3 is 0 Å². The maximum absolute atomic E-state index is 6.09. The van der Waals surface area contributed by atoms with E-state index in [-0.39, 0.29) is 4.83 Å². The van der Waals surface area contributed by atoms with Gasteiger partial charge < -0.3 is 0 Å². The maximum atomic E-state index is 6.09. The number of halogens is 3. The van der Waals surface area contributed by atoms with E-state index in [1.165, 1.54) is 11.1 Å². The molecule has 3 heteroatoms. The molecule has 20 heavy (non-hydrogen) atoms. The molecule has 0 aliphatic heterocycles. The van der Waals surface area contributed by atoms with Gasteiger partial charge in [-0.1, -0.05) is 81.6 Å². The van der Waals surface area contributed by atoms with Crippen molar-refractivity contribution < 1.29 is 0 Å². The van der Waals surface area contributed by atoms with Crippen LogP contribution in [-0.2, 0) is 6.42 Å². The van der Waals surface area contributed by atoms with E-state index >= 15 is 0 Å². The van der Waals surface area contributed by atoms with Crippen LogP contribution in [0.15, 0.2) is 46.9 Å². The van der Waals surface area contributed by atoms with Crippen molar-refractivity contribution >= 4 is 43.5 Å². The van der Waals surface area contributed by atoms with Gasteiger partial charge in [0.2, 0.25) is 0 Å². The zero-order chi connectivity index (χ0) is 14.7. The molecule has 0 N–H and O–H groups in total. The molecule has 106 valence electrons. The van der Waals surface area contributed by atoms with Crippen molar-refractivity contribution in [1.82, 2.24) is 0 Å². The number of rotatable bonds is 4. The van der Waals surface area contributed by atoms with Crippen molar-refractivity contribution in [2.75, 3.05) is 0 Å². The predicted molar refractivity (Wildman–Crippen MR) is 94.9 cm³/mol. The summed E-state index contributed by atoms with van der Waals surface area (Å²) in [6.07, 6.45) is 1.12. The van der Waals surface area contributed by atoms with Gasteiger partial charge in [-0.3, -0.25) is 0 Å². The van der Waals surface area contributed by atoms with Crippen molar-refractivity contribution in [3.8, 4) is 0 Å². The number of alkyl halides is 1. The maximum Gasteiger partial charge on any atom is 0.0656 e. The van der Waals surface area contributed by atoms with Crippen LogP contribution >= 0.6 is 43.5 Å².